The minimum absolute atomic E-state index is 0.0527. The maximum absolute atomic E-state index is 12.8. The molecule has 0 spiro atoms. The summed E-state index contributed by atoms with van der Waals surface area (Å²) in [5.41, 5.74) is 0.169. The van der Waals surface area contributed by atoms with Gasteiger partial charge in [-0.05, 0) is 31.0 Å². The van der Waals surface area contributed by atoms with Crippen molar-refractivity contribution >= 4 is 31.6 Å². The van der Waals surface area contributed by atoms with E-state index in [2.05, 4.69) is 5.32 Å². The molecule has 1 aliphatic heterocycles. The second-order valence-electron chi connectivity index (χ2n) is 6.39. The minimum atomic E-state index is -3.67. The summed E-state index contributed by atoms with van der Waals surface area (Å²) in [7, 11) is -4.51. The number of carbonyl (C=O) groups excluding carboxylic acids is 1. The van der Waals surface area contributed by atoms with E-state index in [0.29, 0.717) is 13.1 Å². The molecule has 152 valence electrons. The van der Waals surface area contributed by atoms with E-state index < -0.39 is 32.5 Å². The van der Waals surface area contributed by atoms with Gasteiger partial charge in [0.25, 0.3) is 0 Å². The van der Waals surface area contributed by atoms with Crippen LogP contribution in [0.25, 0.3) is 0 Å². The van der Waals surface area contributed by atoms with Crippen molar-refractivity contribution in [3.05, 3.63) is 18.2 Å². The SMILES string of the molecule is COc1ccc(S(=O)(=O)N2CCCCC2)cc1NC(=O)CN(C)S(C)(=O)=O. The van der Waals surface area contributed by atoms with Gasteiger partial charge in [0.1, 0.15) is 5.75 Å². The van der Waals surface area contributed by atoms with E-state index in [1.54, 1.807) is 0 Å². The van der Waals surface area contributed by atoms with E-state index in [0.717, 1.165) is 29.8 Å². The molecule has 1 fully saturated rings. The van der Waals surface area contributed by atoms with Gasteiger partial charge in [-0.1, -0.05) is 6.42 Å². The number of carbonyl (C=O) groups is 1. The molecule has 0 aromatic heterocycles. The van der Waals surface area contributed by atoms with Crippen LogP contribution in [-0.4, -0.2) is 71.4 Å². The number of hydrogen-bond acceptors (Lipinski definition) is 6. The van der Waals surface area contributed by atoms with E-state index in [-0.39, 0.29) is 16.3 Å². The van der Waals surface area contributed by atoms with Crippen LogP contribution in [0.4, 0.5) is 5.69 Å². The summed E-state index contributed by atoms with van der Waals surface area (Å²) in [5, 5.41) is 2.53. The number of ether oxygens (including phenoxy) is 1. The summed E-state index contributed by atoms with van der Waals surface area (Å²) in [4.78, 5) is 12.2. The summed E-state index contributed by atoms with van der Waals surface area (Å²) in [6, 6.07) is 4.23. The first-order chi connectivity index (χ1) is 12.6. The van der Waals surface area contributed by atoms with Gasteiger partial charge >= 0.3 is 0 Å². The lowest BCUT2D eigenvalue weighted by molar-refractivity contribution is -0.116. The molecule has 0 aliphatic carbocycles. The zero-order valence-corrected chi connectivity index (χ0v) is 17.3. The predicted octanol–water partition coefficient (Wildman–Crippen LogP) is 0.700. The first-order valence-electron chi connectivity index (χ1n) is 8.45. The van der Waals surface area contributed by atoms with Crippen LogP contribution in [0.2, 0.25) is 0 Å². The Morgan fingerprint density at radius 1 is 1.19 bits per heavy atom. The van der Waals surface area contributed by atoms with Gasteiger partial charge in [0.2, 0.25) is 26.0 Å². The van der Waals surface area contributed by atoms with Gasteiger partial charge in [-0.2, -0.15) is 8.61 Å². The quantitative estimate of drug-likeness (QED) is 0.696. The topological polar surface area (TPSA) is 113 Å². The van der Waals surface area contributed by atoms with Crippen LogP contribution in [0.5, 0.6) is 5.75 Å². The Kier molecular flexibility index (Phi) is 6.84. The Labute approximate surface area is 160 Å². The van der Waals surface area contributed by atoms with Crippen LogP contribution in [-0.2, 0) is 24.8 Å². The highest BCUT2D eigenvalue weighted by atomic mass is 32.2. The molecule has 0 unspecified atom stereocenters. The fourth-order valence-electron chi connectivity index (χ4n) is 2.71. The fraction of sp³-hybridized carbons (Fsp3) is 0.562. The summed E-state index contributed by atoms with van der Waals surface area (Å²) < 4.78 is 56.0. The molecule has 0 saturated carbocycles. The number of nitrogens with one attached hydrogen (secondary N) is 1. The van der Waals surface area contributed by atoms with Crippen molar-refractivity contribution in [2.24, 2.45) is 0 Å². The number of methoxy groups -OCH3 is 1. The van der Waals surface area contributed by atoms with Crippen LogP contribution in [0.15, 0.2) is 23.1 Å². The predicted molar refractivity (Wildman–Crippen MR) is 102 cm³/mol. The second kappa shape index (κ2) is 8.55. The number of anilines is 1. The number of amides is 1. The Bertz CT molecular complexity index is 893. The van der Waals surface area contributed by atoms with Gasteiger partial charge in [0, 0.05) is 20.1 Å². The monoisotopic (exact) mass is 419 g/mol. The van der Waals surface area contributed by atoms with Crippen molar-refractivity contribution < 1.29 is 26.4 Å². The second-order valence-corrected chi connectivity index (χ2v) is 10.4. The lowest BCUT2D eigenvalue weighted by atomic mass is 10.2. The van der Waals surface area contributed by atoms with Gasteiger partial charge in [-0.3, -0.25) is 4.79 Å². The van der Waals surface area contributed by atoms with E-state index in [1.807, 2.05) is 0 Å². The van der Waals surface area contributed by atoms with Crippen LogP contribution in [0, 0.1) is 0 Å². The molecule has 1 saturated heterocycles. The van der Waals surface area contributed by atoms with Crippen molar-refractivity contribution in [3.63, 3.8) is 0 Å². The Morgan fingerprint density at radius 3 is 2.37 bits per heavy atom. The smallest absolute Gasteiger partial charge is 0.243 e. The molecule has 11 heteroatoms. The summed E-state index contributed by atoms with van der Waals surface area (Å²) in [6.45, 7) is 0.537. The standard InChI is InChI=1S/C16H25N3O6S2/c1-18(26(3,21)22)12-16(20)17-14-11-13(7-8-15(14)25-2)27(23,24)19-9-5-4-6-10-19/h7-8,11H,4-6,9-10,12H2,1-3H3,(H,17,20). The number of nitrogens with zero attached hydrogens (tertiary/aromatic N) is 2. The maximum Gasteiger partial charge on any atom is 0.243 e. The lowest BCUT2D eigenvalue weighted by Crippen LogP contribution is -2.36. The molecular weight excluding hydrogens is 394 g/mol. The maximum atomic E-state index is 12.8. The van der Waals surface area contributed by atoms with E-state index >= 15 is 0 Å². The Hall–Kier alpha value is -1.69. The molecule has 1 aliphatic rings. The third kappa shape index (κ3) is 5.41. The highest BCUT2D eigenvalue weighted by Crippen LogP contribution is 2.30. The zero-order valence-electron chi connectivity index (χ0n) is 15.6. The van der Waals surface area contributed by atoms with Gasteiger partial charge in [0.05, 0.1) is 30.5 Å². The van der Waals surface area contributed by atoms with E-state index in [4.69, 9.17) is 4.74 Å². The average Bonchev–Trinajstić information content (AvgIpc) is 2.61. The number of likely N-dealkylation sites (N-methyl/N-ethyl adjacent to an activating group) is 1. The van der Waals surface area contributed by atoms with E-state index in [1.165, 1.54) is 36.7 Å². The molecule has 0 radical (unpaired) electrons. The van der Waals surface area contributed by atoms with E-state index in [9.17, 15) is 21.6 Å². The highest BCUT2D eigenvalue weighted by Gasteiger charge is 2.27. The number of piperidine rings is 1. The van der Waals surface area contributed by atoms with Crippen LogP contribution in [0.1, 0.15) is 19.3 Å². The van der Waals surface area contributed by atoms with Gasteiger partial charge in [0.15, 0.2) is 0 Å². The Morgan fingerprint density at radius 2 is 1.81 bits per heavy atom. The van der Waals surface area contributed by atoms with Crippen molar-refractivity contribution in [2.75, 3.05) is 45.4 Å². The molecule has 9 nitrogen and oxygen atoms in total. The average molecular weight is 420 g/mol. The van der Waals surface area contributed by atoms with Crippen molar-refractivity contribution in [3.8, 4) is 5.75 Å². The molecule has 1 amide bonds. The lowest BCUT2D eigenvalue weighted by Gasteiger charge is -2.26. The van der Waals surface area contributed by atoms with Gasteiger partial charge < -0.3 is 10.1 Å². The first kappa shape index (κ1) is 21.6. The molecular formula is C16H25N3O6S2. The largest absolute Gasteiger partial charge is 0.495 e. The molecule has 1 aromatic carbocycles. The van der Waals surface area contributed by atoms with Crippen LogP contribution >= 0.6 is 0 Å². The zero-order chi connectivity index (χ0) is 20.2. The molecule has 0 bridgehead atoms. The van der Waals surface area contributed by atoms with Crippen molar-refractivity contribution in [2.45, 2.75) is 24.2 Å². The van der Waals surface area contributed by atoms with Crippen LogP contribution in [0.3, 0.4) is 0 Å². The normalized spacial score (nSPS) is 16.3. The number of rotatable bonds is 7. The first-order valence-corrected chi connectivity index (χ1v) is 11.7. The minimum Gasteiger partial charge on any atom is -0.495 e. The van der Waals surface area contributed by atoms with Crippen LogP contribution < -0.4 is 10.1 Å². The third-order valence-electron chi connectivity index (χ3n) is 4.33. The fourth-order valence-corrected chi connectivity index (χ4v) is 4.60. The molecule has 27 heavy (non-hydrogen) atoms. The summed E-state index contributed by atoms with van der Waals surface area (Å²) in [5.74, 6) is -0.323. The number of hydrogen-bond donors (Lipinski definition) is 1. The third-order valence-corrected chi connectivity index (χ3v) is 7.49. The van der Waals surface area contributed by atoms with Crippen molar-refractivity contribution in [1.29, 1.82) is 0 Å². The number of benzene rings is 1. The summed E-state index contributed by atoms with van der Waals surface area (Å²) in [6.07, 6.45) is 3.63. The van der Waals surface area contributed by atoms with Gasteiger partial charge in [-0.25, -0.2) is 16.8 Å². The number of sulfonamides is 2. The summed E-state index contributed by atoms with van der Waals surface area (Å²) >= 11 is 0. The molecule has 0 atom stereocenters. The molecule has 1 aromatic rings. The highest BCUT2D eigenvalue weighted by molar-refractivity contribution is 7.89. The van der Waals surface area contributed by atoms with Gasteiger partial charge in [-0.15, -0.1) is 0 Å². The van der Waals surface area contributed by atoms with Crippen molar-refractivity contribution in [1.82, 2.24) is 8.61 Å². The molecule has 2 rings (SSSR count). The molecule has 1 N–H and O–H groups in total. The Balaban J connectivity index is 2.26. The molecule has 1 heterocycles.